The largest absolute Gasteiger partial charge is 0.478 e. The number of halogens is 2. The van der Waals surface area contributed by atoms with E-state index in [-0.39, 0.29) is 29.1 Å². The third-order valence-electron chi connectivity index (χ3n) is 4.05. The second-order valence-corrected chi connectivity index (χ2v) is 5.86. The molecule has 4 N–H and O–H groups in total. The van der Waals surface area contributed by atoms with Crippen molar-refractivity contribution in [1.82, 2.24) is 9.78 Å². The van der Waals surface area contributed by atoms with Gasteiger partial charge in [-0.3, -0.25) is 9.48 Å². The van der Waals surface area contributed by atoms with Gasteiger partial charge in [0.1, 0.15) is 18.0 Å². The summed E-state index contributed by atoms with van der Waals surface area (Å²) in [6.07, 6.45) is 5.59. The standard InChI is InChI=1S/C17H16F2N4O3/c18-12-7-9(20)8-13(19)15(12)23-6-5-14(22-23)21-16(24)10-3-1-2-4-11(10)17(25)26/h2,4-8,12,15H,1,3,20H2,(H,25,26)(H,21,22,24). The van der Waals surface area contributed by atoms with E-state index in [9.17, 15) is 18.4 Å². The van der Waals surface area contributed by atoms with Crippen LogP contribution in [0.3, 0.4) is 0 Å². The third-order valence-corrected chi connectivity index (χ3v) is 4.05. The zero-order valence-electron chi connectivity index (χ0n) is 13.5. The summed E-state index contributed by atoms with van der Waals surface area (Å²) < 4.78 is 29.1. The number of amides is 1. The minimum Gasteiger partial charge on any atom is -0.478 e. The number of anilines is 1. The fourth-order valence-corrected chi connectivity index (χ4v) is 2.84. The summed E-state index contributed by atoms with van der Waals surface area (Å²) >= 11 is 0. The SMILES string of the molecule is NC1=CC(F)C(n2ccc(NC(=O)C3=C(C(=O)O)C=CCC3)n2)C(F)=C1. The smallest absolute Gasteiger partial charge is 0.336 e. The van der Waals surface area contributed by atoms with Crippen LogP contribution >= 0.6 is 0 Å². The van der Waals surface area contributed by atoms with Crippen LogP contribution in [0.2, 0.25) is 0 Å². The molecule has 1 amide bonds. The first-order valence-electron chi connectivity index (χ1n) is 7.84. The molecule has 0 aliphatic heterocycles. The lowest BCUT2D eigenvalue weighted by atomic mass is 9.97. The van der Waals surface area contributed by atoms with Crippen molar-refractivity contribution in [2.24, 2.45) is 5.73 Å². The molecular formula is C17H16F2N4O3. The van der Waals surface area contributed by atoms with Gasteiger partial charge in [-0.1, -0.05) is 12.2 Å². The number of aromatic nitrogens is 2. The molecule has 0 radical (unpaired) electrons. The predicted octanol–water partition coefficient (Wildman–Crippen LogP) is 2.14. The van der Waals surface area contributed by atoms with Gasteiger partial charge in [-0.15, -0.1) is 0 Å². The summed E-state index contributed by atoms with van der Waals surface area (Å²) in [4.78, 5) is 23.6. The van der Waals surface area contributed by atoms with Crippen LogP contribution in [0.15, 0.2) is 59.2 Å². The summed E-state index contributed by atoms with van der Waals surface area (Å²) in [6.45, 7) is 0. The zero-order chi connectivity index (χ0) is 18.8. The molecule has 26 heavy (non-hydrogen) atoms. The van der Waals surface area contributed by atoms with E-state index in [1.165, 1.54) is 18.3 Å². The number of alkyl halides is 1. The number of carbonyl (C=O) groups is 2. The molecule has 0 aromatic carbocycles. The van der Waals surface area contributed by atoms with E-state index in [4.69, 9.17) is 10.8 Å². The van der Waals surface area contributed by atoms with E-state index in [2.05, 4.69) is 10.4 Å². The van der Waals surface area contributed by atoms with Crippen molar-refractivity contribution in [3.8, 4) is 0 Å². The maximum absolute atomic E-state index is 14.1. The second kappa shape index (κ2) is 6.95. The molecule has 1 aromatic rings. The number of nitrogens with one attached hydrogen (secondary N) is 1. The quantitative estimate of drug-likeness (QED) is 0.760. The van der Waals surface area contributed by atoms with Crippen molar-refractivity contribution in [1.29, 1.82) is 0 Å². The van der Waals surface area contributed by atoms with Gasteiger partial charge in [-0.05, 0) is 25.0 Å². The van der Waals surface area contributed by atoms with Crippen molar-refractivity contribution in [3.63, 3.8) is 0 Å². The van der Waals surface area contributed by atoms with Crippen LogP contribution in [0.5, 0.6) is 0 Å². The van der Waals surface area contributed by atoms with E-state index < -0.39 is 29.9 Å². The first-order valence-corrected chi connectivity index (χ1v) is 7.84. The number of carboxylic acids is 1. The number of carboxylic acid groups (broad SMARTS) is 1. The van der Waals surface area contributed by atoms with Gasteiger partial charge in [0, 0.05) is 23.5 Å². The average Bonchev–Trinajstić information content (AvgIpc) is 3.01. The van der Waals surface area contributed by atoms with Crippen LogP contribution in [-0.2, 0) is 9.59 Å². The van der Waals surface area contributed by atoms with E-state index in [0.29, 0.717) is 6.42 Å². The number of nitrogens with zero attached hydrogens (tertiary/aromatic N) is 2. The molecule has 2 aliphatic rings. The summed E-state index contributed by atoms with van der Waals surface area (Å²) in [7, 11) is 0. The molecule has 2 unspecified atom stereocenters. The highest BCUT2D eigenvalue weighted by atomic mass is 19.1. The van der Waals surface area contributed by atoms with E-state index in [0.717, 1.165) is 16.8 Å². The van der Waals surface area contributed by atoms with Gasteiger partial charge < -0.3 is 16.2 Å². The van der Waals surface area contributed by atoms with Gasteiger partial charge in [-0.25, -0.2) is 13.6 Å². The Morgan fingerprint density at radius 1 is 1.42 bits per heavy atom. The number of hydrogen-bond donors (Lipinski definition) is 3. The van der Waals surface area contributed by atoms with Gasteiger partial charge in [0.2, 0.25) is 0 Å². The van der Waals surface area contributed by atoms with Crippen LogP contribution in [0.1, 0.15) is 18.9 Å². The summed E-state index contributed by atoms with van der Waals surface area (Å²) in [5.74, 6) is -2.54. The van der Waals surface area contributed by atoms with Gasteiger partial charge in [0.25, 0.3) is 5.91 Å². The summed E-state index contributed by atoms with van der Waals surface area (Å²) in [5.41, 5.74) is 5.44. The molecule has 2 aliphatic carbocycles. The van der Waals surface area contributed by atoms with Crippen LogP contribution in [0.25, 0.3) is 0 Å². The van der Waals surface area contributed by atoms with Crippen molar-refractivity contribution < 1.29 is 23.5 Å². The maximum Gasteiger partial charge on any atom is 0.336 e. The molecule has 2 atom stereocenters. The molecule has 7 nitrogen and oxygen atoms in total. The van der Waals surface area contributed by atoms with Crippen LogP contribution in [0.4, 0.5) is 14.6 Å². The van der Waals surface area contributed by atoms with Gasteiger partial charge in [0.05, 0.1) is 5.57 Å². The minimum atomic E-state index is -1.70. The van der Waals surface area contributed by atoms with Crippen molar-refractivity contribution in [2.45, 2.75) is 25.1 Å². The number of rotatable bonds is 4. The molecule has 0 fully saturated rings. The van der Waals surface area contributed by atoms with Crippen molar-refractivity contribution in [2.75, 3.05) is 5.32 Å². The molecule has 0 bridgehead atoms. The lowest BCUT2D eigenvalue weighted by molar-refractivity contribution is -0.132. The molecule has 0 saturated heterocycles. The Hall–Kier alpha value is -3.23. The molecule has 9 heteroatoms. The first kappa shape index (κ1) is 17.6. The van der Waals surface area contributed by atoms with E-state index >= 15 is 0 Å². The Kier molecular flexibility index (Phi) is 4.70. The maximum atomic E-state index is 14.1. The van der Waals surface area contributed by atoms with Gasteiger partial charge in [-0.2, -0.15) is 5.10 Å². The topological polar surface area (TPSA) is 110 Å². The molecule has 1 heterocycles. The average molecular weight is 362 g/mol. The van der Waals surface area contributed by atoms with E-state index in [1.807, 2.05) is 0 Å². The Morgan fingerprint density at radius 3 is 2.88 bits per heavy atom. The lowest BCUT2D eigenvalue weighted by Crippen LogP contribution is -2.25. The fourth-order valence-electron chi connectivity index (χ4n) is 2.84. The highest BCUT2D eigenvalue weighted by Gasteiger charge is 2.30. The normalized spacial score (nSPS) is 22.7. The highest BCUT2D eigenvalue weighted by Crippen LogP contribution is 2.31. The predicted molar refractivity (Wildman–Crippen MR) is 89.3 cm³/mol. The number of carbonyl (C=O) groups excluding carboxylic acids is 1. The van der Waals surface area contributed by atoms with Crippen LogP contribution in [-0.4, -0.2) is 32.9 Å². The first-order chi connectivity index (χ1) is 12.4. The summed E-state index contributed by atoms with van der Waals surface area (Å²) in [5, 5.41) is 15.6. The number of nitrogens with two attached hydrogens (primary N) is 1. The molecule has 0 spiro atoms. The molecule has 3 rings (SSSR count). The fraction of sp³-hybridized carbons (Fsp3) is 0.235. The zero-order valence-corrected chi connectivity index (χ0v) is 13.5. The van der Waals surface area contributed by atoms with E-state index in [1.54, 1.807) is 6.08 Å². The monoisotopic (exact) mass is 362 g/mol. The van der Waals surface area contributed by atoms with Crippen LogP contribution < -0.4 is 11.1 Å². The minimum absolute atomic E-state index is 0.00887. The Labute approximate surface area is 147 Å². The number of hydrogen-bond acceptors (Lipinski definition) is 4. The van der Waals surface area contributed by atoms with Crippen LogP contribution in [0, 0.1) is 0 Å². The number of allylic oxidation sites excluding steroid dienone is 4. The second-order valence-electron chi connectivity index (χ2n) is 5.86. The molecule has 136 valence electrons. The Morgan fingerprint density at radius 2 is 2.19 bits per heavy atom. The molecule has 1 aromatic heterocycles. The lowest BCUT2D eigenvalue weighted by Gasteiger charge is -2.21. The molecular weight excluding hydrogens is 346 g/mol. The van der Waals surface area contributed by atoms with Crippen molar-refractivity contribution >= 4 is 17.7 Å². The highest BCUT2D eigenvalue weighted by molar-refractivity contribution is 6.09. The van der Waals surface area contributed by atoms with Gasteiger partial charge in [0.15, 0.2) is 5.82 Å². The summed E-state index contributed by atoms with van der Waals surface area (Å²) in [6, 6.07) is 0.0681. The van der Waals surface area contributed by atoms with Gasteiger partial charge >= 0.3 is 5.97 Å². The third kappa shape index (κ3) is 3.41. The Bertz CT molecular complexity index is 882. The Balaban J connectivity index is 1.79. The van der Waals surface area contributed by atoms with Crippen molar-refractivity contribution in [3.05, 3.63) is 59.2 Å². The number of aliphatic carboxylic acids is 1. The molecule has 0 saturated carbocycles.